The highest BCUT2D eigenvalue weighted by molar-refractivity contribution is 6.17. The van der Waals surface area contributed by atoms with Gasteiger partial charge in [0.1, 0.15) is 0 Å². The molecule has 1 saturated carbocycles. The highest BCUT2D eigenvalue weighted by atomic mass is 35.5. The van der Waals surface area contributed by atoms with Crippen molar-refractivity contribution in [2.45, 2.75) is 31.7 Å². The monoisotopic (exact) mass is 205 g/mol. The molecule has 0 aromatic heterocycles. The fourth-order valence-electron chi connectivity index (χ4n) is 1.70. The number of alkyl halides is 1. The third kappa shape index (κ3) is 3.84. The molecule has 0 saturated heterocycles. The minimum Gasteiger partial charge on any atom is -0.383 e. The van der Waals surface area contributed by atoms with Gasteiger partial charge in [0, 0.05) is 25.6 Å². The van der Waals surface area contributed by atoms with Crippen LogP contribution in [-0.4, -0.2) is 43.6 Å². The van der Waals surface area contributed by atoms with Gasteiger partial charge in [-0.05, 0) is 25.8 Å². The number of methoxy groups -OCH3 is 1. The Balaban J connectivity index is 2.16. The number of ether oxygens (including phenoxy) is 1. The average Bonchev–Trinajstić information content (AvgIpc) is 2.06. The minimum atomic E-state index is 0.774. The van der Waals surface area contributed by atoms with E-state index in [1.807, 2.05) is 0 Å². The summed E-state index contributed by atoms with van der Waals surface area (Å²) in [5, 5.41) is 0. The van der Waals surface area contributed by atoms with Gasteiger partial charge in [-0.15, -0.1) is 11.6 Å². The number of rotatable bonds is 7. The summed E-state index contributed by atoms with van der Waals surface area (Å²) >= 11 is 5.69. The van der Waals surface area contributed by atoms with Gasteiger partial charge < -0.3 is 4.74 Å². The molecule has 0 aromatic rings. The van der Waals surface area contributed by atoms with Gasteiger partial charge >= 0.3 is 0 Å². The van der Waals surface area contributed by atoms with E-state index in [1.54, 1.807) is 7.11 Å². The number of halogens is 1. The van der Waals surface area contributed by atoms with Crippen molar-refractivity contribution in [3.8, 4) is 0 Å². The molecule has 0 bridgehead atoms. The van der Waals surface area contributed by atoms with Crippen LogP contribution in [0.2, 0.25) is 0 Å². The van der Waals surface area contributed by atoms with Crippen LogP contribution < -0.4 is 0 Å². The third-order valence-electron chi connectivity index (χ3n) is 2.75. The fraction of sp³-hybridized carbons (Fsp3) is 1.00. The second kappa shape index (κ2) is 6.63. The lowest BCUT2D eigenvalue weighted by Crippen LogP contribution is -2.42. The first-order valence-corrected chi connectivity index (χ1v) is 5.71. The number of nitrogens with zero attached hydrogens (tertiary/aromatic N) is 1. The van der Waals surface area contributed by atoms with Gasteiger partial charge in [-0.1, -0.05) is 6.42 Å². The van der Waals surface area contributed by atoms with Crippen LogP contribution in [0.4, 0.5) is 0 Å². The molecule has 1 aliphatic carbocycles. The Morgan fingerprint density at radius 3 is 2.62 bits per heavy atom. The van der Waals surface area contributed by atoms with E-state index >= 15 is 0 Å². The normalized spacial score (nSPS) is 17.8. The molecule has 0 N–H and O–H groups in total. The summed E-state index contributed by atoms with van der Waals surface area (Å²) < 4.78 is 5.10. The van der Waals surface area contributed by atoms with Crippen LogP contribution >= 0.6 is 11.6 Å². The van der Waals surface area contributed by atoms with E-state index in [0.29, 0.717) is 0 Å². The van der Waals surface area contributed by atoms with E-state index in [2.05, 4.69) is 4.90 Å². The van der Waals surface area contributed by atoms with Crippen LogP contribution in [0.3, 0.4) is 0 Å². The number of hydrogen-bond acceptors (Lipinski definition) is 2. The summed E-state index contributed by atoms with van der Waals surface area (Å²) in [6.45, 7) is 3.05. The van der Waals surface area contributed by atoms with E-state index in [9.17, 15) is 0 Å². The summed E-state index contributed by atoms with van der Waals surface area (Å²) in [6, 6.07) is 0.818. The van der Waals surface area contributed by atoms with Crippen LogP contribution in [0, 0.1) is 0 Å². The van der Waals surface area contributed by atoms with Crippen molar-refractivity contribution in [1.82, 2.24) is 4.90 Å². The first-order chi connectivity index (χ1) is 6.38. The predicted octanol–water partition coefficient (Wildman–Crippen LogP) is 2.12. The van der Waals surface area contributed by atoms with Crippen molar-refractivity contribution in [2.75, 3.05) is 32.7 Å². The predicted molar refractivity (Wildman–Crippen MR) is 56.4 cm³/mol. The van der Waals surface area contributed by atoms with E-state index in [1.165, 1.54) is 19.3 Å². The molecule has 0 atom stereocenters. The third-order valence-corrected chi connectivity index (χ3v) is 3.02. The second-order valence-electron chi connectivity index (χ2n) is 3.66. The van der Waals surface area contributed by atoms with Gasteiger partial charge in [-0.25, -0.2) is 0 Å². The molecular weight excluding hydrogens is 186 g/mol. The zero-order valence-corrected chi connectivity index (χ0v) is 9.22. The molecule has 1 rings (SSSR count). The van der Waals surface area contributed by atoms with E-state index in [4.69, 9.17) is 16.3 Å². The molecule has 0 aromatic carbocycles. The van der Waals surface area contributed by atoms with Crippen LogP contribution in [-0.2, 0) is 4.74 Å². The quantitative estimate of drug-likeness (QED) is 0.591. The fourth-order valence-corrected chi connectivity index (χ4v) is 1.82. The molecule has 1 fully saturated rings. The van der Waals surface area contributed by atoms with Gasteiger partial charge in [0.25, 0.3) is 0 Å². The molecule has 2 nitrogen and oxygen atoms in total. The highest BCUT2D eigenvalue weighted by Crippen LogP contribution is 2.24. The summed E-state index contributed by atoms with van der Waals surface area (Å²) in [5.41, 5.74) is 0. The maximum atomic E-state index is 5.69. The molecule has 3 heteroatoms. The Morgan fingerprint density at radius 1 is 1.38 bits per heavy atom. The minimum absolute atomic E-state index is 0.774. The maximum Gasteiger partial charge on any atom is 0.0589 e. The average molecular weight is 206 g/mol. The topological polar surface area (TPSA) is 12.5 Å². The highest BCUT2D eigenvalue weighted by Gasteiger charge is 2.23. The zero-order chi connectivity index (χ0) is 9.52. The molecule has 0 heterocycles. The summed E-state index contributed by atoms with van der Waals surface area (Å²) in [4.78, 5) is 2.52. The van der Waals surface area contributed by atoms with Gasteiger partial charge in [0.05, 0.1) is 6.61 Å². The summed E-state index contributed by atoms with van der Waals surface area (Å²) in [6.07, 6.45) is 5.23. The lowest BCUT2D eigenvalue weighted by molar-refractivity contribution is 0.0851. The molecule has 13 heavy (non-hydrogen) atoms. The molecule has 0 spiro atoms. The molecule has 1 aliphatic rings. The van der Waals surface area contributed by atoms with E-state index in [-0.39, 0.29) is 0 Å². The second-order valence-corrected chi connectivity index (χ2v) is 4.03. The first kappa shape index (κ1) is 11.3. The Kier molecular flexibility index (Phi) is 5.76. The molecule has 0 aliphatic heterocycles. The van der Waals surface area contributed by atoms with Crippen LogP contribution in [0.15, 0.2) is 0 Å². The summed E-state index contributed by atoms with van der Waals surface area (Å²) in [7, 11) is 1.76. The Hall–Kier alpha value is 0.210. The van der Waals surface area contributed by atoms with Gasteiger partial charge in [0.15, 0.2) is 0 Å². The van der Waals surface area contributed by atoms with Crippen LogP contribution in [0.1, 0.15) is 25.7 Å². The Labute approximate surface area is 86.2 Å². The Bertz CT molecular complexity index is 120. The van der Waals surface area contributed by atoms with Gasteiger partial charge in [-0.3, -0.25) is 4.90 Å². The maximum absolute atomic E-state index is 5.69. The lowest BCUT2D eigenvalue weighted by Gasteiger charge is -2.37. The lowest BCUT2D eigenvalue weighted by atomic mass is 9.91. The first-order valence-electron chi connectivity index (χ1n) is 5.17. The van der Waals surface area contributed by atoms with Crippen molar-refractivity contribution in [3.63, 3.8) is 0 Å². The standard InChI is InChI=1S/C10H20ClNO/c1-13-9-8-12(7-3-6-11)10-4-2-5-10/h10H,2-9H2,1H3. The van der Waals surface area contributed by atoms with Gasteiger partial charge in [0.2, 0.25) is 0 Å². The molecule has 0 radical (unpaired) electrons. The van der Waals surface area contributed by atoms with Crippen molar-refractivity contribution >= 4 is 11.6 Å². The van der Waals surface area contributed by atoms with E-state index in [0.717, 1.165) is 38.0 Å². The molecule has 0 amide bonds. The van der Waals surface area contributed by atoms with E-state index < -0.39 is 0 Å². The van der Waals surface area contributed by atoms with Crippen LogP contribution in [0.5, 0.6) is 0 Å². The smallest absolute Gasteiger partial charge is 0.0589 e. The Morgan fingerprint density at radius 2 is 2.15 bits per heavy atom. The van der Waals surface area contributed by atoms with Crippen molar-refractivity contribution in [3.05, 3.63) is 0 Å². The largest absolute Gasteiger partial charge is 0.383 e. The van der Waals surface area contributed by atoms with Gasteiger partial charge in [-0.2, -0.15) is 0 Å². The molecular formula is C10H20ClNO. The number of hydrogen-bond donors (Lipinski definition) is 0. The van der Waals surface area contributed by atoms with Crippen LogP contribution in [0.25, 0.3) is 0 Å². The SMILES string of the molecule is COCCN(CCCCl)C1CCC1. The zero-order valence-electron chi connectivity index (χ0n) is 8.47. The van der Waals surface area contributed by atoms with Crippen molar-refractivity contribution in [1.29, 1.82) is 0 Å². The molecule has 0 unspecified atom stereocenters. The summed E-state index contributed by atoms with van der Waals surface area (Å²) in [5.74, 6) is 0.774. The van der Waals surface area contributed by atoms with Crippen molar-refractivity contribution < 1.29 is 4.74 Å². The van der Waals surface area contributed by atoms with Crippen molar-refractivity contribution in [2.24, 2.45) is 0 Å². The molecule has 78 valence electrons.